The fourth-order valence-corrected chi connectivity index (χ4v) is 2.85. The van der Waals surface area contributed by atoms with Crippen molar-refractivity contribution < 1.29 is 28.2 Å². The van der Waals surface area contributed by atoms with Crippen molar-refractivity contribution in [3.05, 3.63) is 95.8 Å². The summed E-state index contributed by atoms with van der Waals surface area (Å²) in [5.74, 6) is -2.28. The van der Waals surface area contributed by atoms with Gasteiger partial charge in [-0.1, -0.05) is 42.5 Å². The maximum absolute atomic E-state index is 13.7. The molecule has 1 atom stereocenters. The Bertz CT molecular complexity index is 1090. The molecular weight excluding hydrogens is 415 g/mol. The molecule has 0 saturated carbocycles. The molecule has 0 aliphatic rings. The minimum Gasteiger partial charge on any atom is -0.497 e. The van der Waals surface area contributed by atoms with Crippen molar-refractivity contribution >= 4 is 23.5 Å². The van der Waals surface area contributed by atoms with Gasteiger partial charge in [0.2, 0.25) is 6.10 Å². The number of benzene rings is 3. The third kappa shape index (κ3) is 5.91. The maximum Gasteiger partial charge on any atom is 0.326 e. The van der Waals surface area contributed by atoms with Crippen LogP contribution >= 0.6 is 0 Å². The Labute approximate surface area is 184 Å². The fraction of sp³-hybridized carbons (Fsp3) is 0.125. The maximum atomic E-state index is 13.7. The number of nitrogens with one attached hydrogen (secondary N) is 2. The molecule has 3 aromatic rings. The number of hydrogen-bond acceptors (Lipinski definition) is 5. The van der Waals surface area contributed by atoms with Crippen molar-refractivity contribution in [1.29, 1.82) is 0 Å². The highest BCUT2D eigenvalue weighted by Gasteiger charge is 2.25. The molecule has 0 radical (unpaired) electrons. The molecule has 32 heavy (non-hydrogen) atoms. The molecule has 2 amide bonds. The lowest BCUT2D eigenvalue weighted by atomic mass is 10.1. The summed E-state index contributed by atoms with van der Waals surface area (Å²) in [5, 5.41) is 4.99. The van der Waals surface area contributed by atoms with E-state index in [1.165, 1.54) is 25.3 Å². The van der Waals surface area contributed by atoms with E-state index in [9.17, 15) is 18.8 Å². The Kier molecular flexibility index (Phi) is 7.53. The molecule has 7 nitrogen and oxygen atoms in total. The number of halogens is 1. The summed E-state index contributed by atoms with van der Waals surface area (Å²) in [7, 11) is 1.53. The van der Waals surface area contributed by atoms with Gasteiger partial charge in [-0.15, -0.1) is 0 Å². The lowest BCUT2D eigenvalue weighted by Crippen LogP contribution is -2.34. The number of hydrogen-bond donors (Lipinski definition) is 2. The minimum absolute atomic E-state index is 0.197. The Morgan fingerprint density at radius 3 is 2.22 bits per heavy atom. The molecule has 164 valence electrons. The average molecular weight is 436 g/mol. The molecule has 0 aliphatic carbocycles. The second-order valence-electron chi connectivity index (χ2n) is 6.66. The number of ether oxygens (including phenoxy) is 2. The molecule has 0 saturated heterocycles. The third-order valence-electron chi connectivity index (χ3n) is 4.46. The van der Waals surface area contributed by atoms with Gasteiger partial charge in [-0.05, 0) is 36.4 Å². The van der Waals surface area contributed by atoms with E-state index < -0.39 is 36.2 Å². The van der Waals surface area contributed by atoms with Crippen LogP contribution in [0.3, 0.4) is 0 Å². The molecule has 0 aliphatic heterocycles. The summed E-state index contributed by atoms with van der Waals surface area (Å²) in [5.41, 5.74) is 0.741. The Hall–Kier alpha value is -4.20. The zero-order valence-electron chi connectivity index (χ0n) is 17.2. The van der Waals surface area contributed by atoms with Gasteiger partial charge in [0.25, 0.3) is 11.8 Å². The number of carbonyl (C=O) groups is 3. The van der Waals surface area contributed by atoms with Crippen molar-refractivity contribution in [1.82, 2.24) is 5.32 Å². The highest BCUT2D eigenvalue weighted by molar-refractivity contribution is 5.98. The molecule has 0 aromatic heterocycles. The number of carbonyl (C=O) groups excluding carboxylic acids is 3. The number of rotatable bonds is 8. The predicted molar refractivity (Wildman–Crippen MR) is 116 cm³/mol. The lowest BCUT2D eigenvalue weighted by Gasteiger charge is -2.18. The molecule has 0 spiro atoms. The molecule has 2 N–H and O–H groups in total. The minimum atomic E-state index is -1.25. The topological polar surface area (TPSA) is 93.7 Å². The molecule has 3 aromatic carbocycles. The normalized spacial score (nSPS) is 11.2. The number of methoxy groups -OCH3 is 1. The molecule has 0 heterocycles. The van der Waals surface area contributed by atoms with Gasteiger partial charge in [-0.25, -0.2) is 4.39 Å². The summed E-state index contributed by atoms with van der Waals surface area (Å²) in [6.45, 7) is -0.535. The molecule has 1 unspecified atom stereocenters. The summed E-state index contributed by atoms with van der Waals surface area (Å²) in [6.07, 6.45) is -1.25. The zero-order valence-corrected chi connectivity index (χ0v) is 17.2. The third-order valence-corrected chi connectivity index (χ3v) is 4.46. The summed E-state index contributed by atoms with van der Waals surface area (Å²) >= 11 is 0. The molecule has 8 heteroatoms. The lowest BCUT2D eigenvalue weighted by molar-refractivity contribution is -0.153. The van der Waals surface area contributed by atoms with E-state index >= 15 is 0 Å². The highest BCUT2D eigenvalue weighted by Crippen LogP contribution is 2.21. The van der Waals surface area contributed by atoms with E-state index in [0.717, 1.165) is 6.07 Å². The van der Waals surface area contributed by atoms with Gasteiger partial charge in [0, 0.05) is 11.3 Å². The van der Waals surface area contributed by atoms with Gasteiger partial charge in [-0.2, -0.15) is 0 Å². The van der Waals surface area contributed by atoms with Crippen molar-refractivity contribution in [3.63, 3.8) is 0 Å². The van der Waals surface area contributed by atoms with E-state index in [0.29, 0.717) is 17.0 Å². The van der Waals surface area contributed by atoms with E-state index in [-0.39, 0.29) is 5.56 Å². The Morgan fingerprint density at radius 2 is 1.56 bits per heavy atom. The van der Waals surface area contributed by atoms with Crippen LogP contribution in [-0.4, -0.2) is 31.4 Å². The fourth-order valence-electron chi connectivity index (χ4n) is 2.85. The molecule has 0 bridgehead atoms. The average Bonchev–Trinajstić information content (AvgIpc) is 2.82. The number of esters is 1. The molecule has 3 rings (SSSR count). The van der Waals surface area contributed by atoms with Crippen LogP contribution in [0.25, 0.3) is 0 Å². The van der Waals surface area contributed by atoms with Crippen LogP contribution in [-0.2, 0) is 14.3 Å². The van der Waals surface area contributed by atoms with Crippen molar-refractivity contribution in [3.8, 4) is 5.75 Å². The highest BCUT2D eigenvalue weighted by atomic mass is 19.1. The van der Waals surface area contributed by atoms with Gasteiger partial charge in [0.15, 0.2) is 0 Å². The van der Waals surface area contributed by atoms with Crippen LogP contribution in [0.15, 0.2) is 78.9 Å². The van der Waals surface area contributed by atoms with E-state index in [1.54, 1.807) is 54.6 Å². The van der Waals surface area contributed by atoms with Crippen molar-refractivity contribution in [2.75, 3.05) is 19.0 Å². The van der Waals surface area contributed by atoms with Crippen LogP contribution < -0.4 is 15.4 Å². The second kappa shape index (κ2) is 10.7. The first-order valence-corrected chi connectivity index (χ1v) is 9.70. The van der Waals surface area contributed by atoms with Crippen LogP contribution in [0, 0.1) is 5.82 Å². The number of amides is 2. The first-order chi connectivity index (χ1) is 15.5. The van der Waals surface area contributed by atoms with Crippen molar-refractivity contribution in [2.45, 2.75) is 6.10 Å². The van der Waals surface area contributed by atoms with Crippen LogP contribution in [0.1, 0.15) is 22.0 Å². The van der Waals surface area contributed by atoms with Gasteiger partial charge >= 0.3 is 5.97 Å². The summed E-state index contributed by atoms with van der Waals surface area (Å²) in [4.78, 5) is 37.3. The summed E-state index contributed by atoms with van der Waals surface area (Å²) in [6, 6.07) is 20.5. The van der Waals surface area contributed by atoms with Gasteiger partial charge in [-0.3, -0.25) is 14.4 Å². The van der Waals surface area contributed by atoms with Gasteiger partial charge < -0.3 is 20.1 Å². The first kappa shape index (κ1) is 22.5. The van der Waals surface area contributed by atoms with E-state index in [1.807, 2.05) is 0 Å². The van der Waals surface area contributed by atoms with Crippen LogP contribution in [0.4, 0.5) is 10.1 Å². The van der Waals surface area contributed by atoms with Gasteiger partial charge in [0.1, 0.15) is 18.1 Å². The smallest absolute Gasteiger partial charge is 0.326 e. The van der Waals surface area contributed by atoms with E-state index in [4.69, 9.17) is 9.47 Å². The number of anilines is 1. The summed E-state index contributed by atoms with van der Waals surface area (Å²) < 4.78 is 24.2. The predicted octanol–water partition coefficient (Wildman–Crippen LogP) is 3.49. The molecule has 0 fully saturated rings. The monoisotopic (exact) mass is 436 g/mol. The van der Waals surface area contributed by atoms with Crippen LogP contribution in [0.2, 0.25) is 0 Å². The largest absolute Gasteiger partial charge is 0.497 e. The van der Waals surface area contributed by atoms with Gasteiger partial charge in [0.05, 0.1) is 12.7 Å². The van der Waals surface area contributed by atoms with Crippen molar-refractivity contribution in [2.24, 2.45) is 0 Å². The second-order valence-corrected chi connectivity index (χ2v) is 6.66. The SMILES string of the molecule is COc1ccc(NC(=O)C(OC(=O)CNC(=O)c2ccccc2F)c2ccccc2)cc1. The standard InChI is InChI=1S/C24H21FN2O5/c1-31-18-13-11-17(12-14-18)27-24(30)22(16-7-3-2-4-8-16)32-21(28)15-26-23(29)19-9-5-6-10-20(19)25/h2-14,22H,15H2,1H3,(H,26,29)(H,27,30). The zero-order chi connectivity index (χ0) is 22.9. The Balaban J connectivity index is 1.67. The van der Waals surface area contributed by atoms with Crippen LogP contribution in [0.5, 0.6) is 5.75 Å². The quantitative estimate of drug-likeness (QED) is 0.528. The Morgan fingerprint density at radius 1 is 0.906 bits per heavy atom. The molecular formula is C24H21FN2O5. The van der Waals surface area contributed by atoms with E-state index in [2.05, 4.69) is 10.6 Å². The first-order valence-electron chi connectivity index (χ1n) is 9.70.